The van der Waals surface area contributed by atoms with E-state index in [0.29, 0.717) is 19.8 Å². The van der Waals surface area contributed by atoms with Gasteiger partial charge >= 0.3 is 40.8 Å². The van der Waals surface area contributed by atoms with E-state index in [1.807, 2.05) is 0 Å². The molecule has 67 heavy (non-hydrogen) atoms. The molecule has 0 bridgehead atoms. The monoisotopic (exact) mass is 1140 g/mol. The summed E-state index contributed by atoms with van der Waals surface area (Å²) >= 11 is 0. The second kappa shape index (κ2) is 71.3. The van der Waals surface area contributed by atoms with Crippen LogP contribution in [0.15, 0.2) is 36.5 Å². The Kier molecular flexibility index (Phi) is 79.3. The van der Waals surface area contributed by atoms with Gasteiger partial charge in [-0.05, 0) is 96.3 Å². The molecular formula is C54H108NdO9P3. The van der Waals surface area contributed by atoms with Crippen molar-refractivity contribution in [1.82, 2.24) is 0 Å². The molecular weight excluding hydrogens is 1030 g/mol. The van der Waals surface area contributed by atoms with Crippen molar-refractivity contribution in [1.29, 1.82) is 0 Å². The maximum Gasteiger partial charge on any atom is 3.00 e. The van der Waals surface area contributed by atoms with Gasteiger partial charge in [-0.25, -0.2) is 0 Å². The smallest absolute Gasteiger partial charge is 0.781 e. The summed E-state index contributed by atoms with van der Waals surface area (Å²) in [7, 11) is -8.89. The van der Waals surface area contributed by atoms with Crippen LogP contribution in [0, 0.1) is 40.8 Å². The Morgan fingerprint density at radius 2 is 0.418 bits per heavy atom. The van der Waals surface area contributed by atoms with Crippen molar-refractivity contribution >= 4 is 24.8 Å². The van der Waals surface area contributed by atoms with Gasteiger partial charge in [0.1, 0.15) is 24.8 Å². The van der Waals surface area contributed by atoms with Gasteiger partial charge in [0.05, 0.1) is 19.8 Å². The maximum absolute atomic E-state index is 10.2. The van der Waals surface area contributed by atoms with Gasteiger partial charge in [0, 0.05) is 0 Å². The number of hydrogen-bond donors (Lipinski definition) is 0. The van der Waals surface area contributed by atoms with Crippen molar-refractivity contribution < 1.29 is 82.8 Å². The van der Waals surface area contributed by atoms with Crippen LogP contribution in [0.25, 0.3) is 0 Å². The summed E-state index contributed by atoms with van der Waals surface area (Å²) in [5, 5.41) is 0. The average Bonchev–Trinajstić information content (AvgIpc) is 3.29. The van der Waals surface area contributed by atoms with Crippen molar-refractivity contribution in [2.75, 3.05) is 19.8 Å². The molecule has 0 aliphatic rings. The van der Waals surface area contributed by atoms with Gasteiger partial charge in [-0.15, -0.1) is 0 Å². The molecule has 0 aromatic carbocycles. The Balaban J connectivity index is -0.000000441. The minimum atomic E-state index is -2.96. The fourth-order valence-electron chi connectivity index (χ4n) is 7.52. The molecule has 0 aliphatic carbocycles. The van der Waals surface area contributed by atoms with Crippen molar-refractivity contribution in [3.05, 3.63) is 36.5 Å². The van der Waals surface area contributed by atoms with E-state index in [0.717, 1.165) is 38.5 Å². The standard InChI is InChI=1S/3C18H37O3P.Nd/c3*1-2-3-4-5-6-7-8-9-10-11-12-13-14-15-16-17-18-21-22(19)20;/h3*9-10,22H,2-8,11-18H2,1H3,(H,19,20);/q;;;+3/p-3. The summed E-state index contributed by atoms with van der Waals surface area (Å²) in [5.74, 6) is 0. The van der Waals surface area contributed by atoms with E-state index in [1.54, 1.807) is 0 Å². The molecule has 0 N–H and O–H groups in total. The van der Waals surface area contributed by atoms with Gasteiger partial charge in [0.2, 0.25) is 0 Å². The van der Waals surface area contributed by atoms with Crippen LogP contribution < -0.4 is 14.7 Å². The van der Waals surface area contributed by atoms with Crippen molar-refractivity contribution in [3.8, 4) is 0 Å². The molecule has 0 aromatic rings. The molecule has 0 amide bonds. The van der Waals surface area contributed by atoms with Crippen LogP contribution in [-0.4, -0.2) is 19.8 Å². The molecule has 0 saturated carbocycles. The van der Waals surface area contributed by atoms with Gasteiger partial charge in [0.15, 0.2) is 0 Å². The normalized spacial score (nSPS) is 12.8. The van der Waals surface area contributed by atoms with E-state index in [1.165, 1.54) is 231 Å². The first-order valence-electron chi connectivity index (χ1n) is 27.8. The summed E-state index contributed by atoms with van der Waals surface area (Å²) in [6.45, 7) is 7.87. The van der Waals surface area contributed by atoms with Gasteiger partial charge in [-0.3, -0.25) is 0 Å². The first-order valence-corrected chi connectivity index (χ1v) is 31.4. The predicted molar refractivity (Wildman–Crippen MR) is 283 cm³/mol. The molecule has 0 fully saturated rings. The van der Waals surface area contributed by atoms with Crippen LogP contribution in [0.3, 0.4) is 0 Å². The molecule has 0 aliphatic heterocycles. The molecule has 0 saturated heterocycles. The third kappa shape index (κ3) is 84.2. The van der Waals surface area contributed by atoms with Gasteiger partial charge in [-0.2, -0.15) is 0 Å². The predicted octanol–water partition coefficient (Wildman–Crippen LogP) is 17.4. The summed E-state index contributed by atoms with van der Waals surface area (Å²) in [5.41, 5.74) is 0. The Hall–Kier alpha value is 1.02. The fourth-order valence-corrected chi connectivity index (χ4v) is 8.45. The van der Waals surface area contributed by atoms with Crippen molar-refractivity contribution in [2.45, 2.75) is 290 Å². The zero-order valence-corrected chi connectivity index (χ0v) is 50.2. The van der Waals surface area contributed by atoms with Gasteiger partial charge in [-0.1, -0.05) is 231 Å². The third-order valence-corrected chi connectivity index (χ3v) is 12.9. The van der Waals surface area contributed by atoms with Crippen LogP contribution >= 0.6 is 24.8 Å². The minimum absolute atomic E-state index is 0. The average molecular weight is 1140 g/mol. The van der Waals surface area contributed by atoms with E-state index < -0.39 is 24.8 Å². The van der Waals surface area contributed by atoms with Crippen LogP contribution in [0.5, 0.6) is 0 Å². The second-order valence-electron chi connectivity index (χ2n) is 18.1. The fraction of sp³-hybridized carbons (Fsp3) is 0.889. The zero-order chi connectivity index (χ0) is 48.9. The summed E-state index contributed by atoms with van der Waals surface area (Å²) in [6, 6.07) is 0. The second-order valence-corrected chi connectivity index (χ2v) is 20.5. The van der Waals surface area contributed by atoms with Crippen molar-refractivity contribution in [2.24, 2.45) is 0 Å². The topological polar surface area (TPSA) is 148 Å². The summed E-state index contributed by atoms with van der Waals surface area (Å²) in [4.78, 5) is 30.6. The number of hydrogen-bond acceptors (Lipinski definition) is 9. The molecule has 13 heteroatoms. The van der Waals surface area contributed by atoms with Crippen LogP contribution in [-0.2, 0) is 27.3 Å². The molecule has 397 valence electrons. The maximum atomic E-state index is 10.2. The molecule has 1 radical (unpaired) electrons. The molecule has 0 spiro atoms. The van der Waals surface area contributed by atoms with Crippen molar-refractivity contribution in [3.63, 3.8) is 0 Å². The molecule has 0 aromatic heterocycles. The third-order valence-electron chi connectivity index (χ3n) is 11.6. The van der Waals surface area contributed by atoms with Crippen LogP contribution in [0.4, 0.5) is 0 Å². The quantitative estimate of drug-likeness (QED) is 0.0330. The summed E-state index contributed by atoms with van der Waals surface area (Å²) in [6.07, 6.45) is 66.9. The largest absolute Gasteiger partial charge is 3.00 e. The Morgan fingerprint density at radius 1 is 0.269 bits per heavy atom. The SMILES string of the molecule is CCCCCCCCC=CCCCCCCCCO[PH](=O)[O-].CCCCCCCCC=CCCCCCCCCO[PH](=O)[O-].CCCCCCCCC=CCCCCCCCCO[PH](=O)[O-].[Nd+3]. The van der Waals surface area contributed by atoms with Crippen LogP contribution in [0.2, 0.25) is 0 Å². The van der Waals surface area contributed by atoms with E-state index in [2.05, 4.69) is 70.8 Å². The minimum Gasteiger partial charge on any atom is -0.781 e. The van der Waals surface area contributed by atoms with E-state index in [-0.39, 0.29) is 40.8 Å². The summed E-state index contributed by atoms with van der Waals surface area (Å²) < 4.78 is 44.2. The first-order chi connectivity index (χ1) is 32.3. The first kappa shape index (κ1) is 74.5. The number of unbranched alkanes of at least 4 members (excludes halogenated alkanes) is 36. The molecule has 3 unspecified atom stereocenters. The molecule has 9 nitrogen and oxygen atoms in total. The molecule has 3 atom stereocenters. The Bertz CT molecular complexity index is 937. The van der Waals surface area contributed by atoms with Crippen LogP contribution in [0.1, 0.15) is 290 Å². The zero-order valence-electron chi connectivity index (χ0n) is 44.0. The Morgan fingerprint density at radius 3 is 0.582 bits per heavy atom. The van der Waals surface area contributed by atoms with Gasteiger partial charge < -0.3 is 41.9 Å². The van der Waals surface area contributed by atoms with E-state index in [4.69, 9.17) is 0 Å². The van der Waals surface area contributed by atoms with Gasteiger partial charge in [0.25, 0.3) is 0 Å². The Labute approximate surface area is 450 Å². The number of rotatable bonds is 51. The molecule has 0 rings (SSSR count). The van der Waals surface area contributed by atoms with E-state index in [9.17, 15) is 28.4 Å². The van der Waals surface area contributed by atoms with E-state index >= 15 is 0 Å². The number of allylic oxidation sites excluding steroid dienone is 6. The molecule has 0 heterocycles.